The van der Waals surface area contributed by atoms with Crippen molar-refractivity contribution in [1.29, 1.82) is 0 Å². The van der Waals surface area contributed by atoms with Gasteiger partial charge in [-0.25, -0.2) is 12.7 Å². The third kappa shape index (κ3) is 4.50. The zero-order chi connectivity index (χ0) is 22.2. The Morgan fingerprint density at radius 2 is 1.81 bits per heavy atom. The van der Waals surface area contributed by atoms with Crippen LogP contribution in [0.25, 0.3) is 0 Å². The number of hydrogen-bond donors (Lipinski definition) is 1. The number of sulfonamides is 1. The number of piperazine rings is 1. The van der Waals surface area contributed by atoms with Crippen molar-refractivity contribution >= 4 is 27.5 Å². The number of quaternary nitrogens is 1. The summed E-state index contributed by atoms with van der Waals surface area (Å²) >= 11 is 6.24. The molecule has 166 valence electrons. The number of nitrogens with zero attached hydrogens (tertiary/aromatic N) is 2. The van der Waals surface area contributed by atoms with E-state index in [1.807, 2.05) is 18.2 Å². The minimum absolute atomic E-state index is 0.0531. The zero-order valence-electron chi connectivity index (χ0n) is 17.4. The first-order valence-electron chi connectivity index (χ1n) is 9.99. The Labute approximate surface area is 186 Å². The summed E-state index contributed by atoms with van der Waals surface area (Å²) in [5.74, 6) is 1.29. The number of halogens is 1. The van der Waals surface area contributed by atoms with Crippen LogP contribution in [0.2, 0.25) is 5.02 Å². The van der Waals surface area contributed by atoms with Crippen LogP contribution in [0.3, 0.4) is 0 Å². The predicted octanol–water partition coefficient (Wildman–Crippen LogP) is 0.860. The maximum atomic E-state index is 13.1. The Hall–Kier alpha value is -2.33. The molecule has 1 fully saturated rings. The van der Waals surface area contributed by atoms with Crippen molar-refractivity contribution in [2.45, 2.75) is 11.4 Å². The van der Waals surface area contributed by atoms with Crippen LogP contribution in [-0.4, -0.2) is 70.6 Å². The third-order valence-electron chi connectivity index (χ3n) is 5.60. The summed E-state index contributed by atoms with van der Waals surface area (Å²) < 4.78 is 36.7. The molecule has 2 aliphatic heterocycles. The first-order chi connectivity index (χ1) is 14.8. The normalized spacial score (nSPS) is 16.7. The highest BCUT2D eigenvalue weighted by molar-refractivity contribution is 7.89. The summed E-state index contributed by atoms with van der Waals surface area (Å²) in [6.07, 6.45) is 0. The van der Waals surface area contributed by atoms with E-state index >= 15 is 0 Å². The van der Waals surface area contributed by atoms with Crippen LogP contribution in [0.15, 0.2) is 41.3 Å². The maximum absolute atomic E-state index is 13.1. The fraction of sp³-hybridized carbons (Fsp3) is 0.381. The number of benzene rings is 2. The highest BCUT2D eigenvalue weighted by atomic mass is 35.5. The van der Waals surface area contributed by atoms with E-state index in [1.54, 1.807) is 4.90 Å². The Balaban J connectivity index is 1.41. The van der Waals surface area contributed by atoms with Gasteiger partial charge in [-0.1, -0.05) is 11.6 Å². The standard InChI is InChI=1S/C21H24ClN3O5S/c1-23(2)31(27,28)16-4-5-18(22)17(12-16)21(26)25-9-7-24(8-10-25)13-15-3-6-19-20(11-15)30-14-29-19/h3-6,11-12H,7-10,13-14H2,1-2H3/p+1. The van der Waals surface area contributed by atoms with Gasteiger partial charge < -0.3 is 19.3 Å². The fourth-order valence-corrected chi connectivity index (χ4v) is 4.88. The van der Waals surface area contributed by atoms with Gasteiger partial charge in [-0.2, -0.15) is 0 Å². The van der Waals surface area contributed by atoms with Crippen LogP contribution in [0.4, 0.5) is 0 Å². The zero-order valence-corrected chi connectivity index (χ0v) is 19.0. The number of ether oxygens (including phenoxy) is 2. The Morgan fingerprint density at radius 3 is 2.52 bits per heavy atom. The molecule has 1 N–H and O–H groups in total. The van der Waals surface area contributed by atoms with E-state index in [-0.39, 0.29) is 28.2 Å². The van der Waals surface area contributed by atoms with Gasteiger partial charge in [0, 0.05) is 19.7 Å². The smallest absolute Gasteiger partial charge is 0.255 e. The van der Waals surface area contributed by atoms with Gasteiger partial charge in [-0.15, -0.1) is 0 Å². The highest BCUT2D eigenvalue weighted by Gasteiger charge is 2.28. The highest BCUT2D eigenvalue weighted by Crippen LogP contribution is 2.32. The minimum Gasteiger partial charge on any atom is -0.454 e. The monoisotopic (exact) mass is 466 g/mol. The van der Waals surface area contributed by atoms with Crippen LogP contribution in [0, 0.1) is 0 Å². The quantitative estimate of drug-likeness (QED) is 0.707. The van der Waals surface area contributed by atoms with Gasteiger partial charge in [-0.05, 0) is 36.4 Å². The lowest BCUT2D eigenvalue weighted by Gasteiger charge is -2.32. The van der Waals surface area contributed by atoms with Gasteiger partial charge in [0.15, 0.2) is 11.5 Å². The minimum atomic E-state index is -3.65. The molecule has 0 atom stereocenters. The van der Waals surface area contributed by atoms with Crippen LogP contribution in [-0.2, 0) is 16.6 Å². The van der Waals surface area contributed by atoms with Gasteiger partial charge in [0.1, 0.15) is 6.54 Å². The van der Waals surface area contributed by atoms with Gasteiger partial charge in [0.05, 0.1) is 41.7 Å². The number of amides is 1. The van der Waals surface area contributed by atoms with Gasteiger partial charge in [-0.3, -0.25) is 4.79 Å². The number of rotatable bonds is 5. The lowest BCUT2D eigenvalue weighted by molar-refractivity contribution is -0.917. The topological polar surface area (TPSA) is 80.6 Å². The van der Waals surface area contributed by atoms with Crippen molar-refractivity contribution in [3.63, 3.8) is 0 Å². The van der Waals surface area contributed by atoms with Crippen LogP contribution in [0.5, 0.6) is 11.5 Å². The van der Waals surface area contributed by atoms with Crippen molar-refractivity contribution in [2.75, 3.05) is 47.1 Å². The van der Waals surface area contributed by atoms with Crippen molar-refractivity contribution in [3.8, 4) is 11.5 Å². The molecule has 2 aliphatic rings. The summed E-state index contributed by atoms with van der Waals surface area (Å²) in [6, 6.07) is 10.2. The molecule has 0 saturated carbocycles. The summed E-state index contributed by atoms with van der Waals surface area (Å²) in [7, 11) is -0.744. The first kappa shape index (κ1) is 21.9. The molecule has 2 heterocycles. The van der Waals surface area contributed by atoms with Crippen molar-refractivity contribution < 1.29 is 27.6 Å². The summed E-state index contributed by atoms with van der Waals surface area (Å²) in [4.78, 5) is 16.2. The second-order valence-corrected chi connectivity index (χ2v) is 10.4. The second kappa shape index (κ2) is 8.66. The Bertz CT molecular complexity index is 1100. The molecule has 2 aromatic rings. The van der Waals surface area contributed by atoms with Gasteiger partial charge in [0.2, 0.25) is 16.8 Å². The molecular weight excluding hydrogens is 442 g/mol. The SMILES string of the molecule is CN(C)S(=O)(=O)c1ccc(Cl)c(C(=O)N2CC[NH+](Cc3ccc4c(c3)OCO4)CC2)c1. The van der Waals surface area contributed by atoms with E-state index in [4.69, 9.17) is 21.1 Å². The molecule has 10 heteroatoms. The summed E-state index contributed by atoms with van der Waals surface area (Å²) in [6.45, 7) is 3.79. The Morgan fingerprint density at radius 1 is 1.10 bits per heavy atom. The van der Waals surface area contributed by atoms with E-state index in [0.29, 0.717) is 13.1 Å². The third-order valence-corrected chi connectivity index (χ3v) is 7.74. The predicted molar refractivity (Wildman–Crippen MR) is 115 cm³/mol. The molecule has 31 heavy (non-hydrogen) atoms. The van der Waals surface area contributed by atoms with E-state index in [9.17, 15) is 13.2 Å². The second-order valence-electron chi connectivity index (χ2n) is 7.84. The molecule has 1 saturated heterocycles. The van der Waals surface area contributed by atoms with E-state index < -0.39 is 10.0 Å². The molecule has 0 aliphatic carbocycles. The van der Waals surface area contributed by atoms with Gasteiger partial charge in [0.25, 0.3) is 5.91 Å². The average Bonchev–Trinajstić information content (AvgIpc) is 3.22. The van der Waals surface area contributed by atoms with Crippen molar-refractivity contribution in [1.82, 2.24) is 9.21 Å². The number of carbonyl (C=O) groups excluding carboxylic acids is 1. The fourth-order valence-electron chi connectivity index (χ4n) is 3.75. The number of nitrogens with one attached hydrogen (secondary N) is 1. The van der Waals surface area contributed by atoms with E-state index in [1.165, 1.54) is 37.2 Å². The Kier molecular flexibility index (Phi) is 6.11. The van der Waals surface area contributed by atoms with Gasteiger partial charge >= 0.3 is 0 Å². The lowest BCUT2D eigenvalue weighted by Crippen LogP contribution is -3.13. The molecule has 1 amide bonds. The van der Waals surface area contributed by atoms with E-state index in [2.05, 4.69) is 0 Å². The summed E-state index contributed by atoms with van der Waals surface area (Å²) in [5, 5.41) is 0.248. The van der Waals surface area contributed by atoms with Crippen molar-refractivity contribution in [2.24, 2.45) is 0 Å². The molecule has 8 nitrogen and oxygen atoms in total. The van der Waals surface area contributed by atoms with Crippen molar-refractivity contribution in [3.05, 3.63) is 52.5 Å². The largest absolute Gasteiger partial charge is 0.454 e. The maximum Gasteiger partial charge on any atom is 0.255 e. The molecule has 0 spiro atoms. The average molecular weight is 467 g/mol. The molecule has 4 rings (SSSR count). The number of carbonyl (C=O) groups is 1. The van der Waals surface area contributed by atoms with Crippen LogP contribution >= 0.6 is 11.6 Å². The number of fused-ring (bicyclic) bond motifs is 1. The molecule has 0 bridgehead atoms. The van der Waals surface area contributed by atoms with E-state index in [0.717, 1.165) is 41.0 Å². The summed E-state index contributed by atoms with van der Waals surface area (Å²) in [5.41, 5.74) is 1.37. The molecular formula is C21H25ClN3O5S+. The molecule has 2 aromatic carbocycles. The van der Waals surface area contributed by atoms with Crippen LogP contribution < -0.4 is 14.4 Å². The lowest BCUT2D eigenvalue weighted by atomic mass is 10.1. The molecule has 0 aromatic heterocycles. The van der Waals surface area contributed by atoms with Crippen LogP contribution in [0.1, 0.15) is 15.9 Å². The first-order valence-corrected chi connectivity index (χ1v) is 11.8. The molecule has 0 radical (unpaired) electrons. The number of hydrogen-bond acceptors (Lipinski definition) is 5. The molecule has 0 unspecified atom stereocenters.